The highest BCUT2D eigenvalue weighted by atomic mass is 19.1. The van der Waals surface area contributed by atoms with Crippen molar-refractivity contribution in [3.05, 3.63) is 53.5 Å². The number of piperazine rings is 1. The molecule has 1 aliphatic carbocycles. The van der Waals surface area contributed by atoms with E-state index in [0.717, 1.165) is 12.8 Å². The van der Waals surface area contributed by atoms with Crippen LogP contribution in [0.3, 0.4) is 0 Å². The van der Waals surface area contributed by atoms with E-state index in [1.165, 1.54) is 23.2 Å². The summed E-state index contributed by atoms with van der Waals surface area (Å²) < 4.78 is 13.6. The fourth-order valence-electron chi connectivity index (χ4n) is 4.66. The SMILES string of the molecule is C[C@@H]1CN(C(=O)C(=O)Nc2cnc(NC(=O)O)c(C3CC3)c2)[C@@H](c2ccc(F)cc2)CN1C(=O)C(C)(C)C. The number of hydrogen-bond donors (Lipinski definition) is 3. The highest BCUT2D eigenvalue weighted by Gasteiger charge is 2.42. The molecule has 202 valence electrons. The maximum Gasteiger partial charge on any atom is 0.410 e. The van der Waals surface area contributed by atoms with Crippen LogP contribution in [0.1, 0.15) is 63.6 Å². The van der Waals surface area contributed by atoms with Gasteiger partial charge in [-0.05, 0) is 49.4 Å². The summed E-state index contributed by atoms with van der Waals surface area (Å²) in [5, 5.41) is 13.9. The molecule has 0 bridgehead atoms. The second-order valence-corrected chi connectivity index (χ2v) is 10.9. The van der Waals surface area contributed by atoms with E-state index in [1.54, 1.807) is 23.1 Å². The molecule has 11 heteroatoms. The van der Waals surface area contributed by atoms with Crippen molar-refractivity contribution in [1.82, 2.24) is 14.8 Å². The van der Waals surface area contributed by atoms with Crippen molar-refractivity contribution in [1.29, 1.82) is 0 Å². The molecule has 3 N–H and O–H groups in total. The van der Waals surface area contributed by atoms with Crippen molar-refractivity contribution in [3.8, 4) is 0 Å². The normalized spacial score (nSPS) is 19.6. The lowest BCUT2D eigenvalue weighted by atomic mass is 9.91. The van der Waals surface area contributed by atoms with E-state index in [1.807, 2.05) is 27.7 Å². The van der Waals surface area contributed by atoms with Gasteiger partial charge in [0.05, 0.1) is 17.9 Å². The molecule has 38 heavy (non-hydrogen) atoms. The zero-order valence-corrected chi connectivity index (χ0v) is 21.8. The molecule has 2 fully saturated rings. The molecule has 1 aromatic carbocycles. The van der Waals surface area contributed by atoms with Crippen molar-refractivity contribution < 1.29 is 28.7 Å². The van der Waals surface area contributed by atoms with E-state index in [0.29, 0.717) is 11.1 Å². The second-order valence-electron chi connectivity index (χ2n) is 10.9. The van der Waals surface area contributed by atoms with Gasteiger partial charge in [-0.2, -0.15) is 0 Å². The summed E-state index contributed by atoms with van der Waals surface area (Å²) in [5.74, 6) is -1.86. The Labute approximate surface area is 220 Å². The van der Waals surface area contributed by atoms with Crippen LogP contribution in [-0.2, 0) is 14.4 Å². The Morgan fingerprint density at radius 3 is 2.26 bits per heavy atom. The van der Waals surface area contributed by atoms with Crippen molar-refractivity contribution in [2.75, 3.05) is 23.7 Å². The van der Waals surface area contributed by atoms with Crippen LogP contribution >= 0.6 is 0 Å². The van der Waals surface area contributed by atoms with Crippen LogP contribution in [0.15, 0.2) is 36.5 Å². The molecule has 1 aliphatic heterocycles. The van der Waals surface area contributed by atoms with Gasteiger partial charge in [-0.1, -0.05) is 32.9 Å². The Balaban J connectivity index is 1.58. The Morgan fingerprint density at radius 2 is 1.68 bits per heavy atom. The summed E-state index contributed by atoms with van der Waals surface area (Å²) in [6, 6.07) is 6.29. The van der Waals surface area contributed by atoms with Crippen LogP contribution in [-0.4, -0.2) is 62.8 Å². The first-order valence-electron chi connectivity index (χ1n) is 12.5. The number of nitrogens with zero attached hydrogens (tertiary/aromatic N) is 3. The first kappa shape index (κ1) is 27.0. The molecule has 1 aromatic heterocycles. The minimum absolute atomic E-state index is 0.0811. The van der Waals surface area contributed by atoms with Crippen molar-refractivity contribution in [3.63, 3.8) is 0 Å². The number of carbonyl (C=O) groups is 4. The van der Waals surface area contributed by atoms with Gasteiger partial charge in [0, 0.05) is 30.1 Å². The van der Waals surface area contributed by atoms with E-state index < -0.39 is 35.2 Å². The molecular weight excluding hydrogens is 493 g/mol. The van der Waals surface area contributed by atoms with Crippen LogP contribution in [0, 0.1) is 11.2 Å². The lowest BCUT2D eigenvalue weighted by Crippen LogP contribution is -2.60. The number of amides is 4. The van der Waals surface area contributed by atoms with Gasteiger partial charge in [0.15, 0.2) is 0 Å². The van der Waals surface area contributed by atoms with Gasteiger partial charge >= 0.3 is 17.9 Å². The zero-order valence-electron chi connectivity index (χ0n) is 21.8. The van der Waals surface area contributed by atoms with Crippen molar-refractivity contribution in [2.24, 2.45) is 5.41 Å². The molecule has 0 spiro atoms. The minimum Gasteiger partial charge on any atom is -0.465 e. The molecule has 1 saturated heterocycles. The number of halogens is 1. The molecule has 0 unspecified atom stereocenters. The van der Waals surface area contributed by atoms with Gasteiger partial charge in [0.2, 0.25) is 5.91 Å². The standard InChI is InChI=1S/C27H32FN5O5/c1-15-13-33(21(17-7-9-18(28)10-8-17)14-32(15)25(36)27(2,3)4)24(35)23(34)30-19-11-20(16-5-6-16)22(29-12-19)31-26(37)38/h7-12,15-16,21H,5-6,13-14H2,1-4H3,(H,29,31)(H,30,34)(H,37,38)/t15-,21-/m1/s1. The van der Waals surface area contributed by atoms with E-state index >= 15 is 0 Å². The molecule has 1 saturated carbocycles. The Morgan fingerprint density at radius 1 is 1.03 bits per heavy atom. The quantitative estimate of drug-likeness (QED) is 0.518. The van der Waals surface area contributed by atoms with Crippen molar-refractivity contribution >= 4 is 35.3 Å². The number of carboxylic acid groups (broad SMARTS) is 1. The monoisotopic (exact) mass is 525 g/mol. The average molecular weight is 526 g/mol. The van der Waals surface area contributed by atoms with Gasteiger partial charge in [0.25, 0.3) is 0 Å². The summed E-state index contributed by atoms with van der Waals surface area (Å²) in [6.45, 7) is 7.56. The van der Waals surface area contributed by atoms with Gasteiger partial charge in [-0.25, -0.2) is 14.2 Å². The zero-order chi connectivity index (χ0) is 27.8. The van der Waals surface area contributed by atoms with Crippen LogP contribution < -0.4 is 10.6 Å². The fourth-order valence-corrected chi connectivity index (χ4v) is 4.66. The van der Waals surface area contributed by atoms with Crippen LogP contribution in [0.5, 0.6) is 0 Å². The van der Waals surface area contributed by atoms with E-state index in [9.17, 15) is 23.6 Å². The smallest absolute Gasteiger partial charge is 0.410 e. The number of rotatable bonds is 4. The number of nitrogens with one attached hydrogen (secondary N) is 2. The Kier molecular flexibility index (Phi) is 7.39. The number of pyridine rings is 1. The lowest BCUT2D eigenvalue weighted by molar-refractivity contribution is -0.154. The number of benzene rings is 1. The summed E-state index contributed by atoms with van der Waals surface area (Å²) in [7, 11) is 0. The Bertz CT molecular complexity index is 1260. The third-order valence-electron chi connectivity index (χ3n) is 6.77. The summed E-state index contributed by atoms with van der Waals surface area (Å²) >= 11 is 0. The first-order valence-corrected chi connectivity index (χ1v) is 12.5. The predicted molar refractivity (Wildman–Crippen MR) is 138 cm³/mol. The third kappa shape index (κ3) is 5.92. The minimum atomic E-state index is -1.24. The lowest BCUT2D eigenvalue weighted by Gasteiger charge is -2.46. The number of anilines is 2. The van der Waals surface area contributed by atoms with Gasteiger partial charge in [0.1, 0.15) is 11.6 Å². The molecule has 0 radical (unpaired) electrons. The molecule has 4 rings (SSSR count). The first-order chi connectivity index (χ1) is 17.8. The summed E-state index contributed by atoms with van der Waals surface area (Å²) in [4.78, 5) is 58.0. The van der Waals surface area contributed by atoms with Gasteiger partial charge < -0.3 is 20.2 Å². The highest BCUT2D eigenvalue weighted by molar-refractivity contribution is 6.39. The molecule has 10 nitrogen and oxygen atoms in total. The molecular formula is C27H32FN5O5. The van der Waals surface area contributed by atoms with E-state index in [2.05, 4.69) is 15.6 Å². The van der Waals surface area contributed by atoms with Crippen molar-refractivity contribution in [2.45, 2.75) is 58.5 Å². The molecule has 2 aromatic rings. The molecule has 2 atom stereocenters. The predicted octanol–water partition coefficient (Wildman–Crippen LogP) is 3.97. The maximum absolute atomic E-state index is 13.6. The van der Waals surface area contributed by atoms with Crippen LogP contribution in [0.25, 0.3) is 0 Å². The number of hydrogen-bond acceptors (Lipinski definition) is 5. The third-order valence-corrected chi connectivity index (χ3v) is 6.77. The second kappa shape index (κ2) is 10.4. The fraction of sp³-hybridized carbons (Fsp3) is 0.444. The van der Waals surface area contributed by atoms with Gasteiger partial charge in [-0.15, -0.1) is 0 Å². The van der Waals surface area contributed by atoms with E-state index in [4.69, 9.17) is 5.11 Å². The number of aromatic nitrogens is 1. The topological polar surface area (TPSA) is 132 Å². The Hall–Kier alpha value is -4.02. The molecule has 2 aliphatic rings. The largest absolute Gasteiger partial charge is 0.465 e. The summed E-state index contributed by atoms with van der Waals surface area (Å²) in [5.41, 5.74) is 0.894. The maximum atomic E-state index is 13.6. The molecule has 2 heterocycles. The highest BCUT2D eigenvalue weighted by Crippen LogP contribution is 2.43. The average Bonchev–Trinajstić information content (AvgIpc) is 3.69. The number of carbonyl (C=O) groups excluding carboxylic acids is 3. The van der Waals surface area contributed by atoms with Gasteiger partial charge in [-0.3, -0.25) is 19.7 Å². The van der Waals surface area contributed by atoms with Crippen LogP contribution in [0.2, 0.25) is 0 Å². The van der Waals surface area contributed by atoms with Crippen LogP contribution in [0.4, 0.5) is 20.7 Å². The molecule has 4 amide bonds. The summed E-state index contributed by atoms with van der Waals surface area (Å²) in [6.07, 6.45) is 1.81. The van der Waals surface area contributed by atoms with E-state index in [-0.39, 0.29) is 42.5 Å².